The predicted molar refractivity (Wildman–Crippen MR) is 102 cm³/mol. The Morgan fingerprint density at radius 1 is 1.17 bits per heavy atom. The summed E-state index contributed by atoms with van der Waals surface area (Å²) in [5, 5.41) is -0.424. The van der Waals surface area contributed by atoms with Gasteiger partial charge in [-0.05, 0) is 28.9 Å². The largest absolute Gasteiger partial charge is 0.380 e. The third-order valence-corrected chi connectivity index (χ3v) is 5.23. The number of carbonyl (C=O) groups excluding carboxylic acids is 1. The summed E-state index contributed by atoms with van der Waals surface area (Å²) in [5.41, 5.74) is 0.593. The van der Waals surface area contributed by atoms with Crippen molar-refractivity contribution < 1.29 is 18.6 Å². The van der Waals surface area contributed by atoms with E-state index in [2.05, 4.69) is 6.92 Å². The Labute approximate surface area is 157 Å². The zero-order valence-electron chi connectivity index (χ0n) is 13.7. The second-order valence-corrected chi connectivity index (χ2v) is 10.8. The maximum Gasteiger partial charge on any atom is 0.380 e. The molecule has 0 N–H and O–H groups in total. The fourth-order valence-corrected chi connectivity index (χ4v) is 3.59. The van der Waals surface area contributed by atoms with Crippen LogP contribution in [0.15, 0.2) is 30.3 Å². The fourth-order valence-electron chi connectivity index (χ4n) is 1.93. The molecule has 136 valence electrons. The molecule has 4 nitrogen and oxygen atoms in total. The van der Waals surface area contributed by atoms with Crippen molar-refractivity contribution in [2.75, 3.05) is 19.8 Å². The maximum absolute atomic E-state index is 12.3. The summed E-state index contributed by atoms with van der Waals surface area (Å²) >= 11 is 11.9. The number of benzene rings is 1. The molecule has 1 aromatic rings. The number of hydrogen-bond acceptors (Lipinski definition) is 5. The number of hydrogen-bond donors (Lipinski definition) is 0. The van der Waals surface area contributed by atoms with Gasteiger partial charge in [0.2, 0.25) is 5.12 Å². The Morgan fingerprint density at radius 3 is 2.50 bits per heavy atom. The van der Waals surface area contributed by atoms with E-state index in [1.165, 1.54) is 12.8 Å². The van der Waals surface area contributed by atoms with Gasteiger partial charge in [0.15, 0.2) is 0 Å². The SMILES string of the molecule is CCCCCCOC[C@H](COP(=O)(Cl)Cl)SC(=O)c1ccccc1. The van der Waals surface area contributed by atoms with Gasteiger partial charge < -0.3 is 9.26 Å². The Morgan fingerprint density at radius 2 is 1.88 bits per heavy atom. The summed E-state index contributed by atoms with van der Waals surface area (Å²) in [7, 11) is 0. The molecule has 0 aromatic heterocycles. The van der Waals surface area contributed by atoms with Crippen molar-refractivity contribution in [3.05, 3.63) is 35.9 Å². The smallest absolute Gasteiger partial charge is 0.380 e. The Balaban J connectivity index is 2.48. The number of unbranched alkanes of at least 4 members (excludes halogenated alkanes) is 3. The summed E-state index contributed by atoms with van der Waals surface area (Å²) in [6, 6.07) is 8.93. The summed E-state index contributed by atoms with van der Waals surface area (Å²) < 4.78 is 21.9. The van der Waals surface area contributed by atoms with Crippen molar-refractivity contribution in [3.63, 3.8) is 0 Å². The van der Waals surface area contributed by atoms with Gasteiger partial charge in [0.05, 0.1) is 18.5 Å². The highest BCUT2D eigenvalue weighted by Gasteiger charge is 2.22. The highest BCUT2D eigenvalue weighted by Crippen LogP contribution is 2.57. The van der Waals surface area contributed by atoms with Gasteiger partial charge in [-0.1, -0.05) is 68.3 Å². The second kappa shape index (κ2) is 12.3. The molecule has 0 aliphatic heterocycles. The van der Waals surface area contributed by atoms with E-state index in [1.807, 2.05) is 6.07 Å². The molecule has 0 spiro atoms. The monoisotopic (exact) mass is 412 g/mol. The number of halogens is 2. The lowest BCUT2D eigenvalue weighted by molar-refractivity contribution is 0.107. The average molecular weight is 413 g/mol. The highest BCUT2D eigenvalue weighted by atomic mass is 35.9. The van der Waals surface area contributed by atoms with Gasteiger partial charge in [-0.2, -0.15) is 0 Å². The minimum atomic E-state index is -3.62. The van der Waals surface area contributed by atoms with E-state index >= 15 is 0 Å². The van der Waals surface area contributed by atoms with E-state index in [-0.39, 0.29) is 17.0 Å². The Hall–Kier alpha value is -0.0300. The van der Waals surface area contributed by atoms with Crippen LogP contribution in [0.3, 0.4) is 0 Å². The number of ether oxygens (including phenoxy) is 1. The Bertz CT molecular complexity index is 524. The number of rotatable bonds is 12. The minimum Gasteiger partial charge on any atom is -0.380 e. The molecule has 1 atom stereocenters. The first kappa shape index (κ1) is 22.0. The van der Waals surface area contributed by atoms with Crippen molar-refractivity contribution in [2.45, 2.75) is 37.9 Å². The van der Waals surface area contributed by atoms with Crippen LogP contribution in [0.25, 0.3) is 0 Å². The zero-order chi connectivity index (χ0) is 17.8. The molecule has 0 aliphatic rings. The standard InChI is InChI=1S/C16H23Cl2O4PS/c1-2-3-4-8-11-21-12-15(13-22-23(17,18)20)24-16(19)14-9-6-5-7-10-14/h5-7,9-10,15H,2-4,8,11-13H2,1H3/t15-/m1/s1. The molecule has 0 amide bonds. The van der Waals surface area contributed by atoms with E-state index in [0.29, 0.717) is 18.8 Å². The van der Waals surface area contributed by atoms with E-state index in [1.54, 1.807) is 24.3 Å². The third-order valence-electron chi connectivity index (χ3n) is 3.14. The molecule has 0 heterocycles. The quantitative estimate of drug-likeness (QED) is 0.305. The molecule has 0 saturated heterocycles. The van der Waals surface area contributed by atoms with Crippen molar-refractivity contribution in [3.8, 4) is 0 Å². The van der Waals surface area contributed by atoms with Gasteiger partial charge in [0.25, 0.3) is 0 Å². The molecular weight excluding hydrogens is 390 g/mol. The second-order valence-electron chi connectivity index (χ2n) is 5.24. The third kappa shape index (κ3) is 10.8. The molecule has 0 saturated carbocycles. The molecule has 0 unspecified atom stereocenters. The predicted octanol–water partition coefficient (Wildman–Crippen LogP) is 6.13. The highest BCUT2D eigenvalue weighted by molar-refractivity contribution is 8.14. The summed E-state index contributed by atoms with van der Waals surface area (Å²) in [5.74, 6) is 0. The van der Waals surface area contributed by atoms with Crippen molar-refractivity contribution in [2.24, 2.45) is 0 Å². The van der Waals surface area contributed by atoms with Gasteiger partial charge in [0.1, 0.15) is 0 Å². The van der Waals surface area contributed by atoms with Crippen LogP contribution in [0.5, 0.6) is 0 Å². The van der Waals surface area contributed by atoms with Crippen LogP contribution in [0, 0.1) is 0 Å². The zero-order valence-corrected chi connectivity index (χ0v) is 16.9. The van der Waals surface area contributed by atoms with E-state index in [9.17, 15) is 9.36 Å². The molecular formula is C16H23Cl2O4PS. The van der Waals surface area contributed by atoms with Gasteiger partial charge in [-0.3, -0.25) is 9.36 Å². The summed E-state index contributed by atoms with van der Waals surface area (Å²) in [6.45, 7) is 3.07. The van der Waals surface area contributed by atoms with Crippen molar-refractivity contribution in [1.29, 1.82) is 0 Å². The molecule has 8 heteroatoms. The van der Waals surface area contributed by atoms with Crippen LogP contribution in [-0.2, 0) is 13.8 Å². The van der Waals surface area contributed by atoms with Gasteiger partial charge >= 0.3 is 6.07 Å². The first-order valence-corrected chi connectivity index (χ1v) is 12.2. The molecule has 24 heavy (non-hydrogen) atoms. The van der Waals surface area contributed by atoms with Crippen LogP contribution < -0.4 is 0 Å². The van der Waals surface area contributed by atoms with Crippen LogP contribution in [0.1, 0.15) is 43.0 Å². The van der Waals surface area contributed by atoms with Crippen molar-refractivity contribution in [1.82, 2.24) is 0 Å². The molecule has 0 aliphatic carbocycles. The van der Waals surface area contributed by atoms with E-state index in [0.717, 1.165) is 24.6 Å². The number of thioether (sulfide) groups is 1. The maximum atomic E-state index is 12.3. The first-order valence-electron chi connectivity index (χ1n) is 7.90. The topological polar surface area (TPSA) is 52.6 Å². The molecule has 1 rings (SSSR count). The first-order chi connectivity index (χ1) is 11.4. The number of carbonyl (C=O) groups is 1. The molecule has 1 aromatic carbocycles. The van der Waals surface area contributed by atoms with Gasteiger partial charge in [0, 0.05) is 12.2 Å². The van der Waals surface area contributed by atoms with Crippen LogP contribution >= 0.6 is 40.3 Å². The van der Waals surface area contributed by atoms with Crippen LogP contribution in [-0.4, -0.2) is 30.2 Å². The van der Waals surface area contributed by atoms with Gasteiger partial charge in [-0.25, -0.2) is 0 Å². The molecule has 0 fully saturated rings. The van der Waals surface area contributed by atoms with Crippen LogP contribution in [0.4, 0.5) is 0 Å². The lowest BCUT2D eigenvalue weighted by Gasteiger charge is -2.16. The molecule has 0 bridgehead atoms. The van der Waals surface area contributed by atoms with E-state index in [4.69, 9.17) is 31.7 Å². The average Bonchev–Trinajstić information content (AvgIpc) is 2.55. The summed E-state index contributed by atoms with van der Waals surface area (Å²) in [4.78, 5) is 12.3. The lowest BCUT2D eigenvalue weighted by Crippen LogP contribution is -2.20. The van der Waals surface area contributed by atoms with Crippen LogP contribution in [0.2, 0.25) is 0 Å². The lowest BCUT2D eigenvalue weighted by atomic mass is 10.2. The van der Waals surface area contributed by atoms with Gasteiger partial charge in [-0.15, -0.1) is 0 Å². The fraction of sp³-hybridized carbons (Fsp3) is 0.562. The summed E-state index contributed by atoms with van der Waals surface area (Å²) in [6.07, 6.45) is 0.812. The normalized spacial score (nSPS) is 13.0. The minimum absolute atomic E-state index is 0.0114. The van der Waals surface area contributed by atoms with E-state index < -0.39 is 6.07 Å². The Kier molecular flexibility index (Phi) is 11.3. The van der Waals surface area contributed by atoms with Crippen molar-refractivity contribution >= 4 is 45.4 Å². The molecule has 0 radical (unpaired) electrons.